The van der Waals surface area contributed by atoms with Crippen LogP contribution in [0.2, 0.25) is 0 Å². The van der Waals surface area contributed by atoms with Crippen molar-refractivity contribution in [3.05, 3.63) is 82.2 Å². The molecule has 0 saturated carbocycles. The molecule has 0 unspecified atom stereocenters. The van der Waals surface area contributed by atoms with Crippen molar-refractivity contribution in [3.8, 4) is 28.9 Å². The molecule has 11 nitrogen and oxygen atoms in total. The van der Waals surface area contributed by atoms with Crippen LogP contribution in [0.1, 0.15) is 16.1 Å². The number of likely N-dealkylation sites (N-methyl/N-ethyl adjacent to an activating group) is 1. The molecule has 0 atom stereocenters. The fourth-order valence-corrected chi connectivity index (χ4v) is 4.79. The molecule has 2 heterocycles. The van der Waals surface area contributed by atoms with E-state index in [1.165, 1.54) is 43.1 Å². The van der Waals surface area contributed by atoms with E-state index in [1.807, 2.05) is 19.0 Å². The van der Waals surface area contributed by atoms with Gasteiger partial charge in [-0.25, -0.2) is 14.4 Å². The molecule has 2 aromatic heterocycles. The Morgan fingerprint density at radius 2 is 1.77 bits per heavy atom. The van der Waals surface area contributed by atoms with Crippen molar-refractivity contribution >= 4 is 33.4 Å². The maximum Gasteiger partial charge on any atom is 0.573 e. The van der Waals surface area contributed by atoms with Gasteiger partial charge in [-0.15, -0.1) is 13.2 Å². The van der Waals surface area contributed by atoms with E-state index in [0.29, 0.717) is 35.6 Å². The minimum Gasteiger partial charge on any atom is -0.493 e. The molecule has 0 aliphatic carbocycles. The van der Waals surface area contributed by atoms with Crippen LogP contribution >= 0.6 is 0 Å². The lowest BCUT2D eigenvalue weighted by molar-refractivity contribution is -0.274. The Labute approximate surface area is 265 Å². The zero-order valence-corrected chi connectivity index (χ0v) is 25.9. The molecular formula is C32H29F4N5O6. The lowest BCUT2D eigenvalue weighted by Gasteiger charge is -2.16. The van der Waals surface area contributed by atoms with Crippen LogP contribution < -0.4 is 29.7 Å². The number of methoxy groups -OCH3 is 1. The minimum absolute atomic E-state index is 0.00992. The second kappa shape index (κ2) is 13.1. The van der Waals surface area contributed by atoms with Crippen molar-refractivity contribution in [2.45, 2.75) is 13.3 Å². The molecular weight excluding hydrogens is 626 g/mol. The van der Waals surface area contributed by atoms with Crippen LogP contribution in [-0.2, 0) is 7.05 Å². The Bertz CT molecular complexity index is 2050. The number of nitrogens with zero attached hydrogens (tertiary/aromatic N) is 4. The number of aryl methyl sites for hydroxylation is 1. The molecule has 0 radical (unpaired) electrons. The summed E-state index contributed by atoms with van der Waals surface area (Å²) in [6, 6.07) is 10.2. The lowest BCUT2D eigenvalue weighted by atomic mass is 10.1. The van der Waals surface area contributed by atoms with Crippen molar-refractivity contribution in [1.29, 1.82) is 0 Å². The largest absolute Gasteiger partial charge is 0.573 e. The summed E-state index contributed by atoms with van der Waals surface area (Å²) in [7, 11) is 6.87. The predicted octanol–water partition coefficient (Wildman–Crippen LogP) is 5.82. The Hall–Kier alpha value is -5.44. The van der Waals surface area contributed by atoms with E-state index in [-0.39, 0.29) is 39.5 Å². The van der Waals surface area contributed by atoms with Crippen molar-refractivity contribution in [3.63, 3.8) is 0 Å². The third-order valence-corrected chi connectivity index (χ3v) is 7.20. The highest BCUT2D eigenvalue weighted by atomic mass is 19.4. The van der Waals surface area contributed by atoms with Crippen molar-refractivity contribution in [1.82, 2.24) is 19.4 Å². The maximum absolute atomic E-state index is 15.3. The number of amides is 1. The highest BCUT2D eigenvalue weighted by Crippen LogP contribution is 2.37. The number of hydrogen-bond donors (Lipinski definition) is 1. The summed E-state index contributed by atoms with van der Waals surface area (Å²) in [5.41, 5.74) is -0.181. The monoisotopic (exact) mass is 655 g/mol. The number of hydrogen-bond acceptors (Lipinski definition) is 9. The van der Waals surface area contributed by atoms with Crippen LogP contribution in [0.5, 0.6) is 28.9 Å². The topological polar surface area (TPSA) is 117 Å². The number of ether oxygens (including phenoxy) is 4. The first kappa shape index (κ1) is 32.9. The molecule has 5 rings (SSSR count). The number of nitrogens with one attached hydrogen (secondary N) is 1. The van der Waals surface area contributed by atoms with E-state index in [4.69, 9.17) is 14.2 Å². The number of anilines is 1. The van der Waals surface area contributed by atoms with Crippen molar-refractivity contribution < 1.29 is 41.3 Å². The Morgan fingerprint density at radius 3 is 2.45 bits per heavy atom. The van der Waals surface area contributed by atoms with Crippen molar-refractivity contribution in [2.24, 2.45) is 7.05 Å². The van der Waals surface area contributed by atoms with E-state index in [2.05, 4.69) is 20.0 Å². The SMILES string of the molecule is COc1cc2c(Oc3ccc(NC(=O)c4c(C)n(C)c5ccc(OC(F)(F)F)cc5c4=O)cc3F)ncnc2cc1OCCN(C)C. The average molecular weight is 656 g/mol. The van der Waals surface area contributed by atoms with E-state index in [1.54, 1.807) is 19.2 Å². The van der Waals surface area contributed by atoms with Gasteiger partial charge >= 0.3 is 6.36 Å². The summed E-state index contributed by atoms with van der Waals surface area (Å²) in [6.45, 7) is 2.59. The first-order valence-corrected chi connectivity index (χ1v) is 14.0. The first-order chi connectivity index (χ1) is 22.3. The summed E-state index contributed by atoms with van der Waals surface area (Å²) in [4.78, 5) is 36.9. The molecule has 0 aliphatic rings. The summed E-state index contributed by atoms with van der Waals surface area (Å²) >= 11 is 0. The number of fused-ring (bicyclic) bond motifs is 2. The fraction of sp³-hybridized carbons (Fsp3) is 0.250. The van der Waals surface area contributed by atoms with Crippen LogP contribution in [0.4, 0.5) is 23.2 Å². The smallest absolute Gasteiger partial charge is 0.493 e. The van der Waals surface area contributed by atoms with Crippen LogP contribution in [0.25, 0.3) is 21.8 Å². The minimum atomic E-state index is -4.97. The molecule has 5 aromatic rings. The van der Waals surface area contributed by atoms with Crippen LogP contribution in [-0.4, -0.2) is 66.1 Å². The van der Waals surface area contributed by atoms with Gasteiger partial charge in [0.05, 0.1) is 28.9 Å². The highest BCUT2D eigenvalue weighted by Gasteiger charge is 2.31. The fourth-order valence-electron chi connectivity index (χ4n) is 4.79. The number of carbonyl (C=O) groups is 1. The number of carbonyl (C=O) groups excluding carboxylic acids is 1. The molecule has 15 heteroatoms. The standard InChI is InChI=1S/C32H29F4N5O6/c1-17-28(29(42)21-13-19(47-32(34,35)36)7-8-24(21)41(17)4)30(43)39-18-6-9-25(22(33)12-18)46-31-20-14-26(44-5)27(45-11-10-40(2)3)15-23(20)37-16-38-31/h6-9,12-16H,10-11H2,1-5H3,(H,39,43). The van der Waals surface area contributed by atoms with E-state index in [9.17, 15) is 22.8 Å². The molecule has 1 N–H and O–H groups in total. The summed E-state index contributed by atoms with van der Waals surface area (Å²) in [6.07, 6.45) is -3.72. The molecule has 3 aromatic carbocycles. The summed E-state index contributed by atoms with van der Waals surface area (Å²) < 4.78 is 76.1. The zero-order chi connectivity index (χ0) is 34.0. The molecule has 0 spiro atoms. The second-order valence-electron chi connectivity index (χ2n) is 10.6. The quantitative estimate of drug-likeness (QED) is 0.186. The Balaban J connectivity index is 1.39. The van der Waals surface area contributed by atoms with E-state index in [0.717, 1.165) is 18.2 Å². The molecule has 0 bridgehead atoms. The number of halogens is 4. The number of aromatic nitrogens is 3. The number of alkyl halides is 3. The van der Waals surface area contributed by atoms with Gasteiger partial charge in [-0.05, 0) is 57.4 Å². The van der Waals surface area contributed by atoms with Gasteiger partial charge in [-0.2, -0.15) is 0 Å². The number of rotatable bonds is 10. The molecule has 0 saturated heterocycles. The molecule has 0 aliphatic heterocycles. The Morgan fingerprint density at radius 1 is 1.00 bits per heavy atom. The molecule has 246 valence electrons. The van der Waals surface area contributed by atoms with Gasteiger partial charge in [-0.3, -0.25) is 9.59 Å². The van der Waals surface area contributed by atoms with Crippen molar-refractivity contribution in [2.75, 3.05) is 39.7 Å². The van der Waals surface area contributed by atoms with Gasteiger partial charge in [0.1, 0.15) is 24.2 Å². The molecule has 1 amide bonds. The number of benzene rings is 3. The molecule has 47 heavy (non-hydrogen) atoms. The van der Waals surface area contributed by atoms with Gasteiger partial charge in [0.2, 0.25) is 11.3 Å². The van der Waals surface area contributed by atoms with Crippen LogP contribution in [0, 0.1) is 12.7 Å². The van der Waals surface area contributed by atoms with Gasteiger partial charge in [0, 0.05) is 37.1 Å². The zero-order valence-electron chi connectivity index (χ0n) is 25.9. The second-order valence-corrected chi connectivity index (χ2v) is 10.6. The van der Waals surface area contributed by atoms with Gasteiger partial charge < -0.3 is 33.7 Å². The summed E-state index contributed by atoms with van der Waals surface area (Å²) in [5.74, 6) is -1.69. The summed E-state index contributed by atoms with van der Waals surface area (Å²) in [5, 5.41) is 2.73. The van der Waals surface area contributed by atoms with Gasteiger partial charge in [-0.1, -0.05) is 0 Å². The Kier molecular flexibility index (Phi) is 9.19. The van der Waals surface area contributed by atoms with Crippen LogP contribution in [0.3, 0.4) is 0 Å². The third-order valence-electron chi connectivity index (χ3n) is 7.20. The normalized spacial score (nSPS) is 11.6. The average Bonchev–Trinajstić information content (AvgIpc) is 3.00. The highest BCUT2D eigenvalue weighted by molar-refractivity contribution is 6.07. The maximum atomic E-state index is 15.3. The van der Waals surface area contributed by atoms with E-state index >= 15 is 4.39 Å². The first-order valence-electron chi connectivity index (χ1n) is 14.0. The third kappa shape index (κ3) is 7.19. The predicted molar refractivity (Wildman–Crippen MR) is 165 cm³/mol. The number of pyridine rings is 1. The van der Waals surface area contributed by atoms with Crippen LogP contribution in [0.15, 0.2) is 59.7 Å². The van der Waals surface area contributed by atoms with Gasteiger partial charge in [0.15, 0.2) is 23.1 Å². The lowest BCUT2D eigenvalue weighted by Crippen LogP contribution is -2.26. The molecule has 0 fully saturated rings. The van der Waals surface area contributed by atoms with Gasteiger partial charge in [0.25, 0.3) is 5.91 Å². The van der Waals surface area contributed by atoms with E-state index < -0.39 is 29.3 Å².